The molecule has 0 bridgehead atoms. The normalized spacial score (nSPS) is 10.1. The number of ether oxygens (including phenoxy) is 1. The number of anilines is 2. The summed E-state index contributed by atoms with van der Waals surface area (Å²) in [6.07, 6.45) is 2.36. The average molecular weight is 380 g/mol. The van der Waals surface area contributed by atoms with Crippen LogP contribution in [0.4, 0.5) is 21.1 Å². The summed E-state index contributed by atoms with van der Waals surface area (Å²) in [5.41, 5.74) is 1.11. The van der Waals surface area contributed by atoms with E-state index in [2.05, 4.69) is 25.9 Å². The minimum Gasteiger partial charge on any atom is -0.491 e. The van der Waals surface area contributed by atoms with Gasteiger partial charge in [-0.3, -0.25) is 10.3 Å². The zero-order valence-electron chi connectivity index (χ0n) is 14.0. The van der Waals surface area contributed by atoms with Crippen LogP contribution in [0.25, 0.3) is 0 Å². The molecule has 9 nitrogen and oxygen atoms in total. The molecule has 0 aliphatic heterocycles. The molecule has 0 spiro atoms. The summed E-state index contributed by atoms with van der Waals surface area (Å²) in [6.45, 7) is 2.32. The summed E-state index contributed by atoms with van der Waals surface area (Å²) < 4.78 is 5.58. The summed E-state index contributed by atoms with van der Waals surface area (Å²) in [5.74, 6) is 0.715. The summed E-state index contributed by atoms with van der Waals surface area (Å²) in [4.78, 5) is 30.6. The number of carboxylic acid groups (broad SMARTS) is 1. The summed E-state index contributed by atoms with van der Waals surface area (Å²) in [6, 6.07) is 4.27. The lowest BCUT2D eigenvalue weighted by molar-refractivity contribution is 0.193. The van der Waals surface area contributed by atoms with Crippen molar-refractivity contribution in [2.24, 2.45) is 0 Å². The van der Waals surface area contributed by atoms with Gasteiger partial charge in [0, 0.05) is 11.6 Å². The van der Waals surface area contributed by atoms with E-state index in [4.69, 9.17) is 21.4 Å². The van der Waals surface area contributed by atoms with Gasteiger partial charge in [-0.1, -0.05) is 11.6 Å². The smallest absolute Gasteiger partial charge is 0.404 e. The summed E-state index contributed by atoms with van der Waals surface area (Å²) in [5, 5.41) is 16.4. The molecule has 1 aromatic heterocycles. The van der Waals surface area contributed by atoms with Gasteiger partial charge in [-0.2, -0.15) is 0 Å². The second-order valence-electron chi connectivity index (χ2n) is 5.20. The van der Waals surface area contributed by atoms with Crippen molar-refractivity contribution in [2.45, 2.75) is 13.3 Å². The number of carbonyl (C=O) groups is 2. The highest BCUT2D eigenvalue weighted by Crippen LogP contribution is 2.28. The van der Waals surface area contributed by atoms with Crippen LogP contribution in [-0.2, 0) is 0 Å². The first-order chi connectivity index (χ1) is 12.4. The van der Waals surface area contributed by atoms with Gasteiger partial charge in [-0.15, -0.1) is 0 Å². The zero-order valence-corrected chi connectivity index (χ0v) is 14.7. The Morgan fingerprint density at radius 3 is 2.73 bits per heavy atom. The number of carbonyl (C=O) groups excluding carboxylic acids is 1. The molecule has 10 heteroatoms. The quantitative estimate of drug-likeness (QED) is 0.547. The first kappa shape index (κ1) is 19.3. The maximum absolute atomic E-state index is 12.1. The molecule has 0 radical (unpaired) electrons. The number of hydrogen-bond acceptors (Lipinski definition) is 5. The predicted octanol–water partition coefficient (Wildman–Crippen LogP) is 3.12. The molecule has 0 aliphatic carbocycles. The van der Waals surface area contributed by atoms with Gasteiger partial charge in [0.2, 0.25) is 0 Å². The molecule has 0 atom stereocenters. The Balaban J connectivity index is 1.94. The molecule has 0 unspecified atom stereocenters. The van der Waals surface area contributed by atoms with Crippen LogP contribution in [0, 0.1) is 6.92 Å². The van der Waals surface area contributed by atoms with Crippen LogP contribution in [-0.4, -0.2) is 40.4 Å². The molecule has 0 saturated heterocycles. The second kappa shape index (κ2) is 9.42. The maximum atomic E-state index is 12.1. The number of aromatic nitrogens is 2. The van der Waals surface area contributed by atoms with E-state index in [1.165, 1.54) is 12.4 Å². The van der Waals surface area contributed by atoms with E-state index >= 15 is 0 Å². The van der Waals surface area contributed by atoms with Crippen molar-refractivity contribution in [3.05, 3.63) is 41.3 Å². The molecule has 3 amide bonds. The van der Waals surface area contributed by atoms with E-state index < -0.39 is 12.1 Å². The van der Waals surface area contributed by atoms with E-state index in [1.54, 1.807) is 25.1 Å². The van der Waals surface area contributed by atoms with Crippen LogP contribution in [0.3, 0.4) is 0 Å². The lowest BCUT2D eigenvalue weighted by Gasteiger charge is -2.13. The van der Waals surface area contributed by atoms with Crippen LogP contribution in [0.1, 0.15) is 12.1 Å². The largest absolute Gasteiger partial charge is 0.491 e. The van der Waals surface area contributed by atoms with Gasteiger partial charge in [0.25, 0.3) is 0 Å². The lowest BCUT2D eigenvalue weighted by Crippen LogP contribution is -2.23. The van der Waals surface area contributed by atoms with Crippen molar-refractivity contribution in [3.63, 3.8) is 0 Å². The fourth-order valence-corrected chi connectivity index (χ4v) is 2.07. The Hall–Kier alpha value is -3.07. The van der Waals surface area contributed by atoms with Crippen LogP contribution in [0.5, 0.6) is 5.75 Å². The number of halogens is 1. The molecule has 2 rings (SSSR count). The highest BCUT2D eigenvalue weighted by atomic mass is 35.5. The van der Waals surface area contributed by atoms with Gasteiger partial charge in [0.05, 0.1) is 30.4 Å². The van der Waals surface area contributed by atoms with Gasteiger partial charge in [-0.05, 0) is 31.5 Å². The third kappa shape index (κ3) is 6.44. The average Bonchev–Trinajstić information content (AvgIpc) is 2.58. The predicted molar refractivity (Wildman–Crippen MR) is 97.0 cm³/mol. The third-order valence-corrected chi connectivity index (χ3v) is 3.30. The van der Waals surface area contributed by atoms with Crippen LogP contribution in [0.2, 0.25) is 5.02 Å². The highest BCUT2D eigenvalue weighted by Gasteiger charge is 2.10. The van der Waals surface area contributed by atoms with Crippen molar-refractivity contribution >= 4 is 35.2 Å². The SMILES string of the molecule is Cc1cnc(NC(=O)Nc2cc(Cl)ccc2OCCCNC(=O)O)cn1. The van der Waals surface area contributed by atoms with Crippen molar-refractivity contribution in [1.29, 1.82) is 0 Å². The molecule has 0 fully saturated rings. The molecule has 138 valence electrons. The van der Waals surface area contributed by atoms with Crippen molar-refractivity contribution in [2.75, 3.05) is 23.8 Å². The number of nitrogens with one attached hydrogen (secondary N) is 3. The van der Waals surface area contributed by atoms with Gasteiger partial charge in [0.15, 0.2) is 5.82 Å². The number of amides is 3. The van der Waals surface area contributed by atoms with Crippen LogP contribution in [0.15, 0.2) is 30.6 Å². The van der Waals surface area contributed by atoms with Gasteiger partial charge < -0.3 is 20.5 Å². The number of rotatable bonds is 7. The summed E-state index contributed by atoms with van der Waals surface area (Å²) in [7, 11) is 0. The second-order valence-corrected chi connectivity index (χ2v) is 5.63. The number of nitrogens with zero attached hydrogens (tertiary/aromatic N) is 2. The first-order valence-corrected chi connectivity index (χ1v) is 8.07. The van der Waals surface area contributed by atoms with E-state index in [0.717, 1.165) is 5.69 Å². The maximum Gasteiger partial charge on any atom is 0.404 e. The molecular weight excluding hydrogens is 362 g/mol. The van der Waals surface area contributed by atoms with E-state index in [0.29, 0.717) is 28.7 Å². The molecule has 0 aliphatic rings. The Bertz CT molecular complexity index is 770. The third-order valence-electron chi connectivity index (χ3n) is 3.07. The zero-order chi connectivity index (χ0) is 18.9. The Morgan fingerprint density at radius 2 is 2.04 bits per heavy atom. The van der Waals surface area contributed by atoms with Crippen LogP contribution < -0.4 is 20.7 Å². The molecule has 0 saturated carbocycles. The highest BCUT2D eigenvalue weighted by molar-refractivity contribution is 6.31. The van der Waals surface area contributed by atoms with Gasteiger partial charge in [-0.25, -0.2) is 14.6 Å². The van der Waals surface area contributed by atoms with E-state index in [-0.39, 0.29) is 13.2 Å². The minimum atomic E-state index is -1.09. The number of hydrogen-bond donors (Lipinski definition) is 4. The molecular formula is C16H18ClN5O4. The molecule has 1 aromatic carbocycles. The standard InChI is InChI=1S/C16H18ClN5O4/c1-10-8-20-14(9-19-10)22-15(23)21-12-7-11(17)3-4-13(12)26-6-2-5-18-16(24)25/h3-4,7-9,18H,2,5-6H2,1H3,(H,24,25)(H2,20,21,22,23). The Morgan fingerprint density at radius 1 is 1.23 bits per heavy atom. The fourth-order valence-electron chi connectivity index (χ4n) is 1.90. The molecule has 2 aromatic rings. The van der Waals surface area contributed by atoms with Crippen LogP contribution >= 0.6 is 11.6 Å². The fraction of sp³-hybridized carbons (Fsp3) is 0.250. The monoisotopic (exact) mass is 379 g/mol. The molecule has 1 heterocycles. The number of aryl methyl sites for hydroxylation is 1. The number of urea groups is 1. The molecule has 26 heavy (non-hydrogen) atoms. The molecule has 4 N–H and O–H groups in total. The Kier molecular flexibility index (Phi) is 6.98. The van der Waals surface area contributed by atoms with E-state index in [1.807, 2.05) is 0 Å². The minimum absolute atomic E-state index is 0.262. The van der Waals surface area contributed by atoms with Crippen molar-refractivity contribution in [3.8, 4) is 5.75 Å². The lowest BCUT2D eigenvalue weighted by atomic mass is 10.3. The van der Waals surface area contributed by atoms with Crippen molar-refractivity contribution < 1.29 is 19.4 Å². The van der Waals surface area contributed by atoms with E-state index in [9.17, 15) is 9.59 Å². The topological polar surface area (TPSA) is 125 Å². The Labute approximate surface area is 154 Å². The van der Waals surface area contributed by atoms with Gasteiger partial charge in [0.1, 0.15) is 5.75 Å². The van der Waals surface area contributed by atoms with Crippen molar-refractivity contribution in [1.82, 2.24) is 15.3 Å². The first-order valence-electron chi connectivity index (χ1n) is 7.70. The van der Waals surface area contributed by atoms with Gasteiger partial charge >= 0.3 is 12.1 Å². The summed E-state index contributed by atoms with van der Waals surface area (Å²) >= 11 is 5.97. The number of benzene rings is 1.